The van der Waals surface area contributed by atoms with Gasteiger partial charge in [-0.1, -0.05) is 101 Å². The summed E-state index contributed by atoms with van der Waals surface area (Å²) in [7, 11) is -4.21. The normalized spacial score (nSPS) is 11.9. The first-order chi connectivity index (χ1) is 21.5. The zero-order valence-electron chi connectivity index (χ0n) is 25.5. The highest BCUT2D eigenvalue weighted by atomic mass is 79.9. The molecule has 1 atom stereocenters. The van der Waals surface area contributed by atoms with Crippen LogP contribution in [0, 0.1) is 13.8 Å². The number of carbonyl (C=O) groups is 2. The summed E-state index contributed by atoms with van der Waals surface area (Å²) in [5.74, 6) is -0.838. The summed E-state index contributed by atoms with van der Waals surface area (Å²) in [5.41, 5.74) is 3.58. The molecular weight excluding hydrogens is 674 g/mol. The number of hydrogen-bond donors (Lipinski definition) is 1. The molecule has 0 aliphatic rings. The fraction of sp³-hybridized carbons (Fsp3) is 0.257. The SMILES string of the molecule is CCCNC(=O)[C@H](Cc1ccccc1)N(Cc1ccc(Br)cc1)C(=O)CN(c1ccc(C)c(Cl)c1)S(=O)(=O)c1ccc(C)cc1. The van der Waals surface area contributed by atoms with E-state index in [2.05, 4.69) is 21.2 Å². The van der Waals surface area contributed by atoms with Gasteiger partial charge in [-0.2, -0.15) is 0 Å². The fourth-order valence-corrected chi connectivity index (χ4v) is 6.65. The molecular formula is C35H37BrClN3O4S. The molecule has 0 aliphatic carbocycles. The molecule has 4 aromatic carbocycles. The summed E-state index contributed by atoms with van der Waals surface area (Å²) >= 11 is 9.91. The molecule has 0 radical (unpaired) electrons. The third kappa shape index (κ3) is 8.96. The molecule has 236 valence electrons. The predicted molar refractivity (Wildman–Crippen MR) is 184 cm³/mol. The first-order valence-corrected chi connectivity index (χ1v) is 17.3. The van der Waals surface area contributed by atoms with Gasteiger partial charge < -0.3 is 10.2 Å². The van der Waals surface area contributed by atoms with E-state index in [0.29, 0.717) is 11.6 Å². The van der Waals surface area contributed by atoms with E-state index in [-0.39, 0.29) is 29.5 Å². The molecule has 0 saturated heterocycles. The minimum atomic E-state index is -4.21. The molecule has 0 bridgehead atoms. The van der Waals surface area contributed by atoms with Crippen LogP contribution in [0.3, 0.4) is 0 Å². The number of nitrogens with one attached hydrogen (secondary N) is 1. The summed E-state index contributed by atoms with van der Waals surface area (Å²) in [6.07, 6.45) is 0.973. The topological polar surface area (TPSA) is 86.8 Å². The maximum Gasteiger partial charge on any atom is 0.264 e. The van der Waals surface area contributed by atoms with Gasteiger partial charge in [-0.25, -0.2) is 8.42 Å². The van der Waals surface area contributed by atoms with Crippen LogP contribution in [0.5, 0.6) is 0 Å². The Labute approximate surface area is 279 Å². The van der Waals surface area contributed by atoms with Crippen LogP contribution < -0.4 is 9.62 Å². The lowest BCUT2D eigenvalue weighted by molar-refractivity contribution is -0.140. The largest absolute Gasteiger partial charge is 0.354 e. The monoisotopic (exact) mass is 709 g/mol. The number of carbonyl (C=O) groups excluding carboxylic acids is 2. The molecule has 0 unspecified atom stereocenters. The molecule has 0 saturated carbocycles. The summed E-state index contributed by atoms with van der Waals surface area (Å²) in [6.45, 7) is 5.64. The number of nitrogens with zero attached hydrogens (tertiary/aromatic N) is 2. The van der Waals surface area contributed by atoms with Gasteiger partial charge >= 0.3 is 0 Å². The van der Waals surface area contributed by atoms with E-state index in [1.54, 1.807) is 30.3 Å². The standard InChI is InChI=1S/C35H37BrClN3O4S/c1-4-20-38-35(42)33(21-27-8-6-5-7-9-27)39(23-28-13-15-29(36)16-14-28)34(41)24-40(30-17-12-26(3)32(37)22-30)45(43,44)31-18-10-25(2)11-19-31/h5-19,22,33H,4,20-21,23-24H2,1-3H3,(H,38,42)/t33-/m0/s1. The van der Waals surface area contributed by atoms with Gasteiger partial charge in [0.1, 0.15) is 12.6 Å². The van der Waals surface area contributed by atoms with Crippen LogP contribution in [-0.4, -0.2) is 44.3 Å². The second kappa shape index (κ2) is 15.6. The molecule has 2 amide bonds. The molecule has 0 fully saturated rings. The van der Waals surface area contributed by atoms with Crippen molar-refractivity contribution in [3.8, 4) is 0 Å². The Morgan fingerprint density at radius 2 is 1.56 bits per heavy atom. The molecule has 1 N–H and O–H groups in total. The van der Waals surface area contributed by atoms with Crippen molar-refractivity contribution in [2.24, 2.45) is 0 Å². The van der Waals surface area contributed by atoms with Crippen molar-refractivity contribution in [1.29, 1.82) is 0 Å². The molecule has 0 heterocycles. The van der Waals surface area contributed by atoms with E-state index in [0.717, 1.165) is 37.5 Å². The van der Waals surface area contributed by atoms with Gasteiger partial charge in [0.2, 0.25) is 11.8 Å². The Bertz CT molecular complexity index is 1720. The van der Waals surface area contributed by atoms with Crippen molar-refractivity contribution < 1.29 is 18.0 Å². The minimum absolute atomic E-state index is 0.0404. The highest BCUT2D eigenvalue weighted by Crippen LogP contribution is 2.29. The number of anilines is 1. The Kier molecular flexibility index (Phi) is 11.8. The average molecular weight is 711 g/mol. The minimum Gasteiger partial charge on any atom is -0.354 e. The lowest BCUT2D eigenvalue weighted by Crippen LogP contribution is -2.53. The van der Waals surface area contributed by atoms with Crippen LogP contribution >= 0.6 is 27.5 Å². The number of halogens is 2. The number of amides is 2. The quantitative estimate of drug-likeness (QED) is 0.161. The third-order valence-corrected chi connectivity index (χ3v) is 10.1. The highest BCUT2D eigenvalue weighted by Gasteiger charge is 2.34. The van der Waals surface area contributed by atoms with Crippen LogP contribution in [0.4, 0.5) is 5.69 Å². The molecule has 0 aromatic heterocycles. The van der Waals surface area contributed by atoms with Crippen molar-refractivity contribution >= 4 is 55.1 Å². The van der Waals surface area contributed by atoms with Crippen LogP contribution in [0.15, 0.2) is 106 Å². The van der Waals surface area contributed by atoms with Crippen molar-refractivity contribution in [3.05, 3.63) is 129 Å². The van der Waals surface area contributed by atoms with Gasteiger partial charge in [0, 0.05) is 29.0 Å². The zero-order valence-corrected chi connectivity index (χ0v) is 28.7. The van der Waals surface area contributed by atoms with Crippen LogP contribution in [-0.2, 0) is 32.6 Å². The van der Waals surface area contributed by atoms with E-state index in [1.165, 1.54) is 17.0 Å². The van der Waals surface area contributed by atoms with Crippen molar-refractivity contribution in [3.63, 3.8) is 0 Å². The predicted octanol–water partition coefficient (Wildman–Crippen LogP) is 7.08. The number of sulfonamides is 1. The number of aryl methyl sites for hydroxylation is 2. The van der Waals surface area contributed by atoms with Crippen molar-refractivity contribution in [2.75, 3.05) is 17.4 Å². The second-order valence-electron chi connectivity index (χ2n) is 10.9. The maximum absolute atomic E-state index is 14.5. The molecule has 10 heteroatoms. The average Bonchev–Trinajstić information content (AvgIpc) is 3.03. The van der Waals surface area contributed by atoms with Gasteiger partial charge in [0.25, 0.3) is 10.0 Å². The van der Waals surface area contributed by atoms with Gasteiger partial charge in [0.05, 0.1) is 10.6 Å². The van der Waals surface area contributed by atoms with Gasteiger partial charge in [0.15, 0.2) is 0 Å². The van der Waals surface area contributed by atoms with Crippen molar-refractivity contribution in [2.45, 2.75) is 51.1 Å². The van der Waals surface area contributed by atoms with Gasteiger partial charge in [-0.05, 0) is 73.4 Å². The number of rotatable bonds is 13. The Morgan fingerprint density at radius 3 is 2.18 bits per heavy atom. The third-order valence-electron chi connectivity index (χ3n) is 7.42. The summed E-state index contributed by atoms with van der Waals surface area (Å²) in [4.78, 5) is 29.7. The first-order valence-electron chi connectivity index (χ1n) is 14.7. The van der Waals surface area contributed by atoms with Gasteiger partial charge in [-0.15, -0.1) is 0 Å². The van der Waals surface area contributed by atoms with E-state index >= 15 is 0 Å². The smallest absolute Gasteiger partial charge is 0.264 e. The summed E-state index contributed by atoms with van der Waals surface area (Å²) in [6, 6.07) is 27.4. The molecule has 7 nitrogen and oxygen atoms in total. The van der Waals surface area contributed by atoms with E-state index in [1.807, 2.05) is 75.4 Å². The molecule has 45 heavy (non-hydrogen) atoms. The fourth-order valence-electron chi connectivity index (χ4n) is 4.81. The van der Waals surface area contributed by atoms with Gasteiger partial charge in [-0.3, -0.25) is 13.9 Å². The van der Waals surface area contributed by atoms with E-state index < -0.39 is 28.5 Å². The van der Waals surface area contributed by atoms with Crippen LogP contribution in [0.2, 0.25) is 5.02 Å². The highest BCUT2D eigenvalue weighted by molar-refractivity contribution is 9.10. The Morgan fingerprint density at radius 1 is 0.889 bits per heavy atom. The molecule has 4 aromatic rings. The zero-order chi connectivity index (χ0) is 32.6. The molecule has 0 aliphatic heterocycles. The van der Waals surface area contributed by atoms with Crippen molar-refractivity contribution in [1.82, 2.24) is 10.2 Å². The summed E-state index contributed by atoms with van der Waals surface area (Å²) < 4.78 is 30.3. The molecule has 4 rings (SSSR count). The van der Waals surface area contributed by atoms with Crippen LogP contribution in [0.1, 0.15) is 35.6 Å². The van der Waals surface area contributed by atoms with E-state index in [9.17, 15) is 18.0 Å². The second-order valence-corrected chi connectivity index (χ2v) is 14.1. The van der Waals surface area contributed by atoms with E-state index in [4.69, 9.17) is 11.6 Å². The van der Waals surface area contributed by atoms with Crippen LogP contribution in [0.25, 0.3) is 0 Å². The number of benzene rings is 4. The summed E-state index contributed by atoms with van der Waals surface area (Å²) in [5, 5.41) is 3.33. The molecule has 0 spiro atoms. The lowest BCUT2D eigenvalue weighted by Gasteiger charge is -2.34. The number of hydrogen-bond acceptors (Lipinski definition) is 4. The maximum atomic E-state index is 14.5. The first kappa shape index (κ1) is 34.2. The lowest BCUT2D eigenvalue weighted by atomic mass is 10.0. The Balaban J connectivity index is 1.81. The Hall–Kier alpha value is -3.66.